The highest BCUT2D eigenvalue weighted by Crippen LogP contribution is 2.33. The van der Waals surface area contributed by atoms with Crippen LogP contribution in [-0.4, -0.2) is 41.9 Å². The Morgan fingerprint density at radius 3 is 2.39 bits per heavy atom. The van der Waals surface area contributed by atoms with E-state index in [1.54, 1.807) is 48.7 Å². The summed E-state index contributed by atoms with van der Waals surface area (Å²) in [6.45, 7) is 2.20. The fraction of sp³-hybridized carbons (Fsp3) is 0.292. The molecule has 33 heavy (non-hydrogen) atoms. The number of anilines is 1. The second-order valence-corrected chi connectivity index (χ2v) is 8.84. The van der Waals surface area contributed by atoms with E-state index < -0.39 is 5.56 Å². The lowest BCUT2D eigenvalue weighted by Crippen LogP contribution is -2.38. The van der Waals surface area contributed by atoms with Crippen LogP contribution in [0.15, 0.2) is 53.5 Å². The lowest BCUT2D eigenvalue weighted by Gasteiger charge is -2.33. The molecule has 3 heterocycles. The Bertz CT molecular complexity index is 1250. The molecule has 0 spiro atoms. The van der Waals surface area contributed by atoms with Gasteiger partial charge in [-0.1, -0.05) is 23.2 Å². The van der Waals surface area contributed by atoms with Crippen LogP contribution in [0.2, 0.25) is 10.0 Å². The summed E-state index contributed by atoms with van der Waals surface area (Å²) < 4.78 is 12.4. The van der Waals surface area contributed by atoms with Gasteiger partial charge in [0.25, 0.3) is 5.56 Å². The molecule has 7 nitrogen and oxygen atoms in total. The number of ketones is 1. The predicted molar refractivity (Wildman–Crippen MR) is 127 cm³/mol. The molecule has 0 amide bonds. The number of piperidine rings is 1. The molecule has 2 aromatic carbocycles. The van der Waals surface area contributed by atoms with Gasteiger partial charge in [-0.2, -0.15) is 9.78 Å². The molecule has 0 N–H and O–H groups in total. The lowest BCUT2D eigenvalue weighted by atomic mass is 9.88. The molecule has 9 heteroatoms. The SMILES string of the molecule is O=C(c1ccc2c(c1)OCCO2)C1CCN(c2cnn(-c3ccc(Cl)cc3)c(=O)c2Cl)CC1. The van der Waals surface area contributed by atoms with Crippen molar-refractivity contribution in [3.63, 3.8) is 0 Å². The summed E-state index contributed by atoms with van der Waals surface area (Å²) >= 11 is 12.4. The zero-order chi connectivity index (χ0) is 22.9. The highest BCUT2D eigenvalue weighted by Gasteiger charge is 2.28. The molecule has 1 saturated heterocycles. The minimum Gasteiger partial charge on any atom is -0.486 e. The minimum absolute atomic E-state index is 0.0917. The number of halogens is 2. The van der Waals surface area contributed by atoms with Crippen molar-refractivity contribution in [2.24, 2.45) is 5.92 Å². The first-order valence-corrected chi connectivity index (χ1v) is 11.5. The van der Waals surface area contributed by atoms with Crippen LogP contribution in [-0.2, 0) is 0 Å². The van der Waals surface area contributed by atoms with Crippen LogP contribution >= 0.6 is 23.2 Å². The van der Waals surface area contributed by atoms with Gasteiger partial charge in [0.05, 0.1) is 17.6 Å². The van der Waals surface area contributed by atoms with Gasteiger partial charge in [0.1, 0.15) is 18.2 Å². The third-order valence-corrected chi connectivity index (χ3v) is 6.61. The number of hydrogen-bond donors (Lipinski definition) is 0. The van der Waals surface area contributed by atoms with E-state index in [4.69, 9.17) is 32.7 Å². The van der Waals surface area contributed by atoms with Crippen LogP contribution in [0.5, 0.6) is 11.5 Å². The molecule has 0 unspecified atom stereocenters. The molecule has 1 fully saturated rings. The Morgan fingerprint density at radius 1 is 0.970 bits per heavy atom. The quantitative estimate of drug-likeness (QED) is 0.509. The third kappa shape index (κ3) is 4.30. The van der Waals surface area contributed by atoms with E-state index in [1.807, 2.05) is 4.90 Å². The number of rotatable bonds is 4. The first-order valence-electron chi connectivity index (χ1n) is 10.7. The highest BCUT2D eigenvalue weighted by atomic mass is 35.5. The Balaban J connectivity index is 1.29. The first-order chi connectivity index (χ1) is 16.0. The lowest BCUT2D eigenvalue weighted by molar-refractivity contribution is 0.0899. The van der Waals surface area contributed by atoms with E-state index in [9.17, 15) is 9.59 Å². The molecule has 2 aliphatic rings. The summed E-state index contributed by atoms with van der Waals surface area (Å²) in [6, 6.07) is 12.1. The van der Waals surface area contributed by atoms with E-state index in [0.717, 1.165) is 0 Å². The third-order valence-electron chi connectivity index (χ3n) is 6.00. The Morgan fingerprint density at radius 2 is 1.67 bits per heavy atom. The summed E-state index contributed by atoms with van der Waals surface area (Å²) in [4.78, 5) is 27.9. The number of fused-ring (bicyclic) bond motifs is 1. The maximum absolute atomic E-state index is 13.1. The van der Waals surface area contributed by atoms with E-state index in [0.29, 0.717) is 72.6 Å². The van der Waals surface area contributed by atoms with Crippen molar-refractivity contribution in [2.75, 3.05) is 31.2 Å². The van der Waals surface area contributed by atoms with Crippen LogP contribution < -0.4 is 19.9 Å². The van der Waals surface area contributed by atoms with Crippen molar-refractivity contribution in [3.05, 3.63) is 74.6 Å². The molecular formula is C24H21Cl2N3O4. The molecule has 0 atom stereocenters. The van der Waals surface area contributed by atoms with Gasteiger partial charge in [-0.25, -0.2) is 0 Å². The second-order valence-electron chi connectivity index (χ2n) is 8.02. The van der Waals surface area contributed by atoms with Gasteiger partial charge in [-0.05, 0) is 55.3 Å². The number of benzene rings is 2. The smallest absolute Gasteiger partial charge is 0.292 e. The van der Waals surface area contributed by atoms with Gasteiger partial charge in [-0.15, -0.1) is 0 Å². The van der Waals surface area contributed by atoms with Gasteiger partial charge >= 0.3 is 0 Å². The number of hydrogen-bond acceptors (Lipinski definition) is 6. The molecule has 0 bridgehead atoms. The Hall–Kier alpha value is -3.03. The highest BCUT2D eigenvalue weighted by molar-refractivity contribution is 6.33. The van der Waals surface area contributed by atoms with Crippen molar-refractivity contribution in [1.29, 1.82) is 0 Å². The van der Waals surface area contributed by atoms with Crippen LogP contribution in [0.3, 0.4) is 0 Å². The molecule has 0 radical (unpaired) electrons. The molecule has 3 aromatic rings. The normalized spacial score (nSPS) is 16.0. The number of nitrogens with zero attached hydrogens (tertiary/aromatic N) is 3. The fourth-order valence-corrected chi connectivity index (χ4v) is 4.60. The average molecular weight is 486 g/mol. The summed E-state index contributed by atoms with van der Waals surface area (Å²) in [5.41, 5.74) is 1.40. The maximum Gasteiger partial charge on any atom is 0.292 e. The van der Waals surface area contributed by atoms with Crippen molar-refractivity contribution in [2.45, 2.75) is 12.8 Å². The average Bonchev–Trinajstić information content (AvgIpc) is 2.86. The topological polar surface area (TPSA) is 73.7 Å². The van der Waals surface area contributed by atoms with Crippen molar-refractivity contribution in [3.8, 4) is 17.2 Å². The largest absolute Gasteiger partial charge is 0.486 e. The fourth-order valence-electron chi connectivity index (χ4n) is 4.23. The van der Waals surface area contributed by atoms with Crippen molar-refractivity contribution < 1.29 is 14.3 Å². The van der Waals surface area contributed by atoms with E-state index in [-0.39, 0.29) is 16.7 Å². The number of aromatic nitrogens is 2. The van der Waals surface area contributed by atoms with E-state index >= 15 is 0 Å². The second kappa shape index (κ2) is 9.08. The molecular weight excluding hydrogens is 465 g/mol. The van der Waals surface area contributed by atoms with Gasteiger partial charge in [-0.3, -0.25) is 9.59 Å². The van der Waals surface area contributed by atoms with Crippen LogP contribution in [0, 0.1) is 5.92 Å². The molecule has 0 saturated carbocycles. The Labute approximate surface area is 200 Å². The number of carbonyl (C=O) groups is 1. The zero-order valence-corrected chi connectivity index (χ0v) is 19.2. The molecule has 170 valence electrons. The number of carbonyl (C=O) groups excluding carboxylic acids is 1. The first kappa shape index (κ1) is 21.8. The molecule has 5 rings (SSSR count). The standard InChI is InChI=1S/C24H21Cl2N3O4/c25-17-2-4-18(5-3-17)29-24(31)22(26)19(14-27-29)28-9-7-15(8-10-28)23(30)16-1-6-20-21(13-16)33-12-11-32-20/h1-6,13-15H,7-12H2. The van der Waals surface area contributed by atoms with Crippen LogP contribution in [0.4, 0.5) is 5.69 Å². The van der Waals surface area contributed by atoms with E-state index in [2.05, 4.69) is 5.10 Å². The van der Waals surface area contributed by atoms with Gasteiger partial charge in [0.15, 0.2) is 17.3 Å². The number of Topliss-reactive ketones (excluding diaryl/α,β-unsaturated/α-hetero) is 1. The van der Waals surface area contributed by atoms with E-state index in [1.165, 1.54) is 4.68 Å². The summed E-state index contributed by atoms with van der Waals surface area (Å²) in [5.74, 6) is 1.27. The number of ether oxygens (including phenoxy) is 2. The van der Waals surface area contributed by atoms with Crippen LogP contribution in [0.25, 0.3) is 5.69 Å². The van der Waals surface area contributed by atoms with Crippen molar-refractivity contribution in [1.82, 2.24) is 9.78 Å². The van der Waals surface area contributed by atoms with Crippen LogP contribution in [0.1, 0.15) is 23.2 Å². The maximum atomic E-state index is 13.1. The zero-order valence-electron chi connectivity index (χ0n) is 17.7. The van der Waals surface area contributed by atoms with Gasteiger partial charge < -0.3 is 14.4 Å². The monoisotopic (exact) mass is 485 g/mol. The van der Waals surface area contributed by atoms with Gasteiger partial charge in [0.2, 0.25) is 0 Å². The van der Waals surface area contributed by atoms with Gasteiger partial charge in [0, 0.05) is 29.6 Å². The Kier molecular flexibility index (Phi) is 6.00. The van der Waals surface area contributed by atoms with Crippen molar-refractivity contribution >= 4 is 34.7 Å². The summed E-state index contributed by atoms with van der Waals surface area (Å²) in [6.07, 6.45) is 2.91. The molecule has 1 aromatic heterocycles. The molecule has 0 aliphatic carbocycles. The summed E-state index contributed by atoms with van der Waals surface area (Å²) in [5, 5.41) is 4.98. The predicted octanol–water partition coefficient (Wildman–Crippen LogP) is 4.41. The minimum atomic E-state index is -0.397. The molecule has 2 aliphatic heterocycles. The summed E-state index contributed by atoms with van der Waals surface area (Å²) in [7, 11) is 0.